The lowest BCUT2D eigenvalue weighted by Gasteiger charge is -2.34. The first-order valence-corrected chi connectivity index (χ1v) is 9.05. The molecule has 1 aliphatic heterocycles. The van der Waals surface area contributed by atoms with Crippen LogP contribution in [-0.4, -0.2) is 65.8 Å². The molecule has 2 rings (SSSR count). The van der Waals surface area contributed by atoms with Gasteiger partial charge in [0, 0.05) is 45.2 Å². The molecule has 0 spiro atoms. The highest BCUT2D eigenvalue weighted by Crippen LogP contribution is 2.10. The minimum atomic E-state index is -1.05. The molecule has 0 radical (unpaired) electrons. The van der Waals surface area contributed by atoms with Crippen molar-refractivity contribution in [2.24, 2.45) is 0 Å². The fourth-order valence-electron chi connectivity index (χ4n) is 2.72. The third kappa shape index (κ3) is 6.33. The van der Waals surface area contributed by atoms with Gasteiger partial charge in [0.1, 0.15) is 5.82 Å². The van der Waals surface area contributed by atoms with Gasteiger partial charge in [-0.1, -0.05) is 0 Å². The van der Waals surface area contributed by atoms with E-state index >= 15 is 0 Å². The third-order valence-corrected chi connectivity index (χ3v) is 4.41. The summed E-state index contributed by atoms with van der Waals surface area (Å²) in [6.07, 6.45) is -1.21. The predicted molar refractivity (Wildman–Crippen MR) is 98.7 cm³/mol. The number of nitrogens with zero attached hydrogens (tertiary/aromatic N) is 2. The Balaban J connectivity index is 1.71. The van der Waals surface area contributed by atoms with Crippen LogP contribution in [0, 0.1) is 5.82 Å². The Morgan fingerprint density at radius 3 is 2.18 bits per heavy atom. The fraction of sp³-hybridized carbons (Fsp3) is 0.474. The molecule has 28 heavy (non-hydrogen) atoms. The van der Waals surface area contributed by atoms with Crippen molar-refractivity contribution < 1.29 is 28.3 Å². The maximum Gasteiger partial charge on any atom is 0.307 e. The number of benzene rings is 1. The topological polar surface area (TPSA) is 96.0 Å². The number of anilines is 1. The average Bonchev–Trinajstić information content (AvgIpc) is 2.67. The maximum atomic E-state index is 12.9. The largest absolute Gasteiger partial charge is 0.453 e. The quantitative estimate of drug-likeness (QED) is 0.732. The molecule has 1 fully saturated rings. The van der Waals surface area contributed by atoms with Crippen LogP contribution in [0.15, 0.2) is 24.3 Å². The fourth-order valence-corrected chi connectivity index (χ4v) is 2.72. The number of nitrogens with one attached hydrogen (secondary N) is 1. The molecule has 0 aliphatic carbocycles. The summed E-state index contributed by atoms with van der Waals surface area (Å²) in [5.41, 5.74) is 0.383. The van der Waals surface area contributed by atoms with Gasteiger partial charge in [-0.15, -0.1) is 0 Å². The van der Waals surface area contributed by atoms with E-state index in [2.05, 4.69) is 5.32 Å². The van der Waals surface area contributed by atoms with Crippen molar-refractivity contribution in [3.63, 3.8) is 0 Å². The van der Waals surface area contributed by atoms with Crippen molar-refractivity contribution in [1.29, 1.82) is 0 Å². The second kappa shape index (κ2) is 9.82. The van der Waals surface area contributed by atoms with Gasteiger partial charge in [0.2, 0.25) is 11.8 Å². The first-order valence-electron chi connectivity index (χ1n) is 9.05. The van der Waals surface area contributed by atoms with Gasteiger partial charge in [-0.25, -0.2) is 4.39 Å². The SMILES string of the molecule is CC(=O)N1CCN(C(=O)CCC(=O)O[C@H](C)C(=O)Nc2ccc(F)cc2)CC1. The molecular formula is C19H24FN3O5. The zero-order chi connectivity index (χ0) is 20.7. The molecule has 1 atom stereocenters. The molecule has 9 heteroatoms. The van der Waals surface area contributed by atoms with Crippen LogP contribution < -0.4 is 5.32 Å². The summed E-state index contributed by atoms with van der Waals surface area (Å²) in [6.45, 7) is 4.73. The highest BCUT2D eigenvalue weighted by atomic mass is 19.1. The normalized spacial score (nSPS) is 15.0. The molecule has 0 bridgehead atoms. The zero-order valence-electron chi connectivity index (χ0n) is 15.9. The van der Waals surface area contributed by atoms with Gasteiger partial charge in [-0.3, -0.25) is 19.2 Å². The standard InChI is InChI=1S/C19H24FN3O5/c1-13(19(27)21-16-5-3-15(20)4-6-16)28-18(26)8-7-17(25)23-11-9-22(10-12-23)14(2)24/h3-6,13H,7-12H2,1-2H3,(H,21,27)/t13-/m1/s1. The molecular weight excluding hydrogens is 369 g/mol. The zero-order valence-corrected chi connectivity index (χ0v) is 15.9. The van der Waals surface area contributed by atoms with E-state index in [1.165, 1.54) is 38.1 Å². The van der Waals surface area contributed by atoms with E-state index in [0.717, 1.165) is 0 Å². The molecule has 152 valence electrons. The van der Waals surface area contributed by atoms with Gasteiger partial charge in [0.15, 0.2) is 6.10 Å². The van der Waals surface area contributed by atoms with Crippen LogP contribution >= 0.6 is 0 Å². The van der Waals surface area contributed by atoms with Gasteiger partial charge >= 0.3 is 5.97 Å². The Morgan fingerprint density at radius 2 is 1.61 bits per heavy atom. The van der Waals surface area contributed by atoms with E-state index in [1.54, 1.807) is 9.80 Å². The Bertz CT molecular complexity index is 730. The summed E-state index contributed by atoms with van der Waals surface area (Å²) in [7, 11) is 0. The summed E-state index contributed by atoms with van der Waals surface area (Å²) in [5, 5.41) is 2.51. The van der Waals surface area contributed by atoms with Crippen LogP contribution in [0.2, 0.25) is 0 Å². The van der Waals surface area contributed by atoms with Crippen molar-refractivity contribution in [2.45, 2.75) is 32.8 Å². The number of amides is 3. The van der Waals surface area contributed by atoms with E-state index in [9.17, 15) is 23.6 Å². The minimum Gasteiger partial charge on any atom is -0.453 e. The molecule has 1 aliphatic rings. The molecule has 1 heterocycles. The predicted octanol–water partition coefficient (Wildman–Crippen LogP) is 1.17. The van der Waals surface area contributed by atoms with Crippen molar-refractivity contribution >= 4 is 29.4 Å². The molecule has 0 aromatic heterocycles. The van der Waals surface area contributed by atoms with Gasteiger partial charge in [-0.2, -0.15) is 0 Å². The summed E-state index contributed by atoms with van der Waals surface area (Å²) in [4.78, 5) is 50.7. The second-order valence-electron chi connectivity index (χ2n) is 6.52. The van der Waals surface area contributed by atoms with E-state index in [-0.39, 0.29) is 24.7 Å². The van der Waals surface area contributed by atoms with Crippen molar-refractivity contribution in [2.75, 3.05) is 31.5 Å². The number of hydrogen-bond acceptors (Lipinski definition) is 5. The van der Waals surface area contributed by atoms with Gasteiger partial charge in [0.25, 0.3) is 5.91 Å². The second-order valence-corrected chi connectivity index (χ2v) is 6.52. The van der Waals surface area contributed by atoms with Crippen molar-refractivity contribution in [3.05, 3.63) is 30.1 Å². The van der Waals surface area contributed by atoms with Gasteiger partial charge in [0.05, 0.1) is 6.42 Å². The molecule has 0 unspecified atom stereocenters. The molecule has 1 saturated heterocycles. The van der Waals surface area contributed by atoms with Crippen molar-refractivity contribution in [3.8, 4) is 0 Å². The molecule has 3 amide bonds. The minimum absolute atomic E-state index is 0.0226. The summed E-state index contributed by atoms with van der Waals surface area (Å²) in [6, 6.07) is 5.20. The molecule has 1 aromatic carbocycles. The number of halogens is 1. The number of carbonyl (C=O) groups excluding carboxylic acids is 4. The van der Waals surface area contributed by atoms with Crippen LogP contribution in [0.3, 0.4) is 0 Å². The summed E-state index contributed by atoms with van der Waals surface area (Å²) in [5.74, 6) is -1.85. The van der Waals surface area contributed by atoms with E-state index in [0.29, 0.717) is 31.9 Å². The van der Waals surface area contributed by atoms with Crippen LogP contribution in [-0.2, 0) is 23.9 Å². The van der Waals surface area contributed by atoms with E-state index in [1.807, 2.05) is 0 Å². The third-order valence-electron chi connectivity index (χ3n) is 4.41. The lowest BCUT2D eigenvalue weighted by atomic mass is 10.2. The van der Waals surface area contributed by atoms with Crippen LogP contribution in [0.1, 0.15) is 26.7 Å². The first-order chi connectivity index (χ1) is 13.3. The molecule has 1 aromatic rings. The molecule has 1 N–H and O–H groups in total. The van der Waals surface area contributed by atoms with Crippen LogP contribution in [0.4, 0.5) is 10.1 Å². The average molecular weight is 393 g/mol. The maximum absolute atomic E-state index is 12.9. The highest BCUT2D eigenvalue weighted by Gasteiger charge is 2.24. The highest BCUT2D eigenvalue weighted by molar-refractivity contribution is 5.95. The van der Waals surface area contributed by atoms with E-state index < -0.39 is 23.8 Å². The van der Waals surface area contributed by atoms with E-state index in [4.69, 9.17) is 4.74 Å². The smallest absolute Gasteiger partial charge is 0.307 e. The summed E-state index contributed by atoms with van der Waals surface area (Å²) >= 11 is 0. The van der Waals surface area contributed by atoms with Crippen molar-refractivity contribution in [1.82, 2.24) is 9.80 Å². The lowest BCUT2D eigenvalue weighted by Crippen LogP contribution is -2.50. The Labute approximate surface area is 162 Å². The Kier molecular flexibility index (Phi) is 7.48. The molecule has 8 nitrogen and oxygen atoms in total. The molecule has 0 saturated carbocycles. The Hall–Kier alpha value is -2.97. The number of ether oxygens (including phenoxy) is 1. The number of hydrogen-bond donors (Lipinski definition) is 1. The lowest BCUT2D eigenvalue weighted by molar-refractivity contribution is -0.154. The number of piperazine rings is 1. The number of carbonyl (C=O) groups is 4. The van der Waals surface area contributed by atoms with Gasteiger partial charge < -0.3 is 19.9 Å². The summed E-state index contributed by atoms with van der Waals surface area (Å²) < 4.78 is 17.9. The number of rotatable bonds is 6. The Morgan fingerprint density at radius 1 is 1.04 bits per heavy atom. The monoisotopic (exact) mass is 393 g/mol. The van der Waals surface area contributed by atoms with Crippen LogP contribution in [0.5, 0.6) is 0 Å². The van der Waals surface area contributed by atoms with Gasteiger partial charge in [-0.05, 0) is 31.2 Å². The van der Waals surface area contributed by atoms with Crippen LogP contribution in [0.25, 0.3) is 0 Å². The first kappa shape index (κ1) is 21.3. The number of esters is 1.